The normalized spacial score (nSPS) is 13.9. The van der Waals surface area contributed by atoms with E-state index in [-0.39, 0.29) is 11.4 Å². The smallest absolute Gasteiger partial charge is 0.256 e. The Labute approximate surface area is 172 Å². The van der Waals surface area contributed by atoms with Crippen LogP contribution in [0.4, 0.5) is 4.39 Å². The van der Waals surface area contributed by atoms with Crippen LogP contribution in [0.3, 0.4) is 0 Å². The number of aromatic amines is 1. The first kappa shape index (κ1) is 19.7. The maximum Gasteiger partial charge on any atom is 0.256 e. The maximum atomic E-state index is 13.0. The molecule has 1 aliphatic heterocycles. The van der Waals surface area contributed by atoms with Crippen molar-refractivity contribution in [2.24, 2.45) is 0 Å². The summed E-state index contributed by atoms with van der Waals surface area (Å²) in [5.41, 5.74) is 3.72. The predicted octanol–water partition coefficient (Wildman–Crippen LogP) is 3.77. The monoisotopic (exact) mass is 411 g/mol. The Morgan fingerprint density at radius 3 is 2.59 bits per heavy atom. The lowest BCUT2D eigenvalue weighted by molar-refractivity contribution is 0.241. The molecule has 0 aliphatic carbocycles. The second kappa shape index (κ2) is 8.80. The van der Waals surface area contributed by atoms with Crippen molar-refractivity contribution in [2.75, 3.05) is 13.7 Å². The molecule has 0 atom stereocenters. The van der Waals surface area contributed by atoms with Gasteiger partial charge in [0.15, 0.2) is 5.16 Å². The molecule has 0 bridgehead atoms. The number of methoxy groups -OCH3 is 1. The average molecular weight is 412 g/mol. The molecule has 29 heavy (non-hydrogen) atoms. The lowest BCUT2D eigenvalue weighted by Crippen LogP contribution is -2.35. The van der Waals surface area contributed by atoms with Crippen LogP contribution in [-0.4, -0.2) is 28.5 Å². The van der Waals surface area contributed by atoms with E-state index in [1.54, 1.807) is 19.2 Å². The molecule has 0 spiro atoms. The number of thioether (sulfide) groups is 1. The quantitative estimate of drug-likeness (QED) is 0.494. The SMILES string of the molecule is COc1ccc(CN2CCc3nc(SCc4ccc(F)cc4)[nH]c(=O)c3C2)cc1. The summed E-state index contributed by atoms with van der Waals surface area (Å²) in [7, 11) is 1.65. The number of hydrogen-bond acceptors (Lipinski definition) is 5. The third-order valence-corrected chi connectivity index (χ3v) is 5.92. The van der Waals surface area contributed by atoms with Gasteiger partial charge in [0.1, 0.15) is 11.6 Å². The van der Waals surface area contributed by atoms with E-state index in [0.717, 1.165) is 42.1 Å². The summed E-state index contributed by atoms with van der Waals surface area (Å²) in [5, 5.41) is 0.613. The first-order valence-corrected chi connectivity index (χ1v) is 10.4. The number of nitrogens with zero attached hydrogens (tertiary/aromatic N) is 2. The molecule has 0 fully saturated rings. The van der Waals surface area contributed by atoms with E-state index < -0.39 is 0 Å². The van der Waals surface area contributed by atoms with E-state index in [2.05, 4.69) is 14.9 Å². The van der Waals surface area contributed by atoms with Gasteiger partial charge in [-0.3, -0.25) is 9.69 Å². The fourth-order valence-electron chi connectivity index (χ4n) is 3.38. The van der Waals surface area contributed by atoms with Gasteiger partial charge in [0, 0.05) is 31.8 Å². The Hall–Kier alpha value is -2.64. The standard InChI is InChI=1S/C22H22FN3O2S/c1-28-18-8-4-15(5-9-18)12-26-11-10-20-19(13-26)21(27)25-22(24-20)29-14-16-2-6-17(23)7-3-16/h2-9H,10-14H2,1H3,(H,24,25,27). The number of benzene rings is 2. The molecule has 2 heterocycles. The first-order valence-electron chi connectivity index (χ1n) is 9.45. The third-order valence-electron chi connectivity index (χ3n) is 4.98. The third kappa shape index (κ3) is 4.86. The van der Waals surface area contributed by atoms with Crippen molar-refractivity contribution >= 4 is 11.8 Å². The van der Waals surface area contributed by atoms with Crippen LogP contribution in [-0.2, 0) is 25.3 Å². The van der Waals surface area contributed by atoms with Crippen LogP contribution in [0.15, 0.2) is 58.5 Å². The molecular weight excluding hydrogens is 389 g/mol. The zero-order valence-electron chi connectivity index (χ0n) is 16.2. The molecule has 7 heteroatoms. The summed E-state index contributed by atoms with van der Waals surface area (Å²) in [5.74, 6) is 1.22. The van der Waals surface area contributed by atoms with Crippen molar-refractivity contribution in [3.8, 4) is 5.75 Å². The summed E-state index contributed by atoms with van der Waals surface area (Å²) in [6.45, 7) is 2.23. The fraction of sp³-hybridized carbons (Fsp3) is 0.273. The van der Waals surface area contributed by atoms with E-state index in [1.807, 2.05) is 24.3 Å². The Morgan fingerprint density at radius 1 is 1.14 bits per heavy atom. The second-order valence-corrected chi connectivity index (χ2v) is 7.98. The highest BCUT2D eigenvalue weighted by Gasteiger charge is 2.21. The Kier molecular flexibility index (Phi) is 5.97. The van der Waals surface area contributed by atoms with Crippen LogP contribution >= 0.6 is 11.8 Å². The fourth-order valence-corrected chi connectivity index (χ4v) is 4.22. The highest BCUT2D eigenvalue weighted by Crippen LogP contribution is 2.22. The summed E-state index contributed by atoms with van der Waals surface area (Å²) < 4.78 is 18.2. The minimum atomic E-state index is -0.252. The number of H-pyrrole nitrogens is 1. The molecule has 0 radical (unpaired) electrons. The number of halogens is 1. The van der Waals surface area contributed by atoms with Crippen molar-refractivity contribution in [1.82, 2.24) is 14.9 Å². The molecule has 0 saturated heterocycles. The Morgan fingerprint density at radius 2 is 1.86 bits per heavy atom. The number of fused-ring (bicyclic) bond motifs is 1. The molecule has 0 saturated carbocycles. The zero-order chi connectivity index (χ0) is 20.2. The summed E-state index contributed by atoms with van der Waals surface area (Å²) in [6.07, 6.45) is 0.750. The molecule has 150 valence electrons. The predicted molar refractivity (Wildman–Crippen MR) is 112 cm³/mol. The van der Waals surface area contributed by atoms with Gasteiger partial charge in [-0.25, -0.2) is 9.37 Å². The molecule has 1 aliphatic rings. The van der Waals surface area contributed by atoms with Gasteiger partial charge in [0.2, 0.25) is 0 Å². The van der Waals surface area contributed by atoms with E-state index in [0.29, 0.717) is 17.5 Å². The van der Waals surface area contributed by atoms with Crippen LogP contribution in [0.25, 0.3) is 0 Å². The van der Waals surface area contributed by atoms with Gasteiger partial charge in [-0.1, -0.05) is 36.0 Å². The van der Waals surface area contributed by atoms with Gasteiger partial charge in [0.25, 0.3) is 5.56 Å². The van der Waals surface area contributed by atoms with Crippen molar-refractivity contribution in [3.05, 3.63) is 87.1 Å². The van der Waals surface area contributed by atoms with Crippen LogP contribution in [0.5, 0.6) is 5.75 Å². The van der Waals surface area contributed by atoms with E-state index >= 15 is 0 Å². The largest absolute Gasteiger partial charge is 0.497 e. The average Bonchev–Trinajstić information content (AvgIpc) is 2.74. The topological polar surface area (TPSA) is 58.2 Å². The summed E-state index contributed by atoms with van der Waals surface area (Å²) in [6, 6.07) is 14.4. The van der Waals surface area contributed by atoms with Gasteiger partial charge >= 0.3 is 0 Å². The number of aromatic nitrogens is 2. The molecule has 0 amide bonds. The van der Waals surface area contributed by atoms with Crippen molar-refractivity contribution in [2.45, 2.75) is 30.4 Å². The van der Waals surface area contributed by atoms with Crippen molar-refractivity contribution < 1.29 is 9.13 Å². The van der Waals surface area contributed by atoms with Gasteiger partial charge in [-0.2, -0.15) is 0 Å². The van der Waals surface area contributed by atoms with Gasteiger partial charge < -0.3 is 9.72 Å². The summed E-state index contributed by atoms with van der Waals surface area (Å²) in [4.78, 5) is 22.4. The van der Waals surface area contributed by atoms with E-state index in [4.69, 9.17) is 4.74 Å². The van der Waals surface area contributed by atoms with Crippen molar-refractivity contribution in [1.29, 1.82) is 0 Å². The number of hydrogen-bond donors (Lipinski definition) is 1. The highest BCUT2D eigenvalue weighted by molar-refractivity contribution is 7.98. The molecule has 4 rings (SSSR count). The van der Waals surface area contributed by atoms with Crippen LogP contribution in [0.2, 0.25) is 0 Å². The van der Waals surface area contributed by atoms with Crippen molar-refractivity contribution in [3.63, 3.8) is 0 Å². The van der Waals surface area contributed by atoms with E-state index in [1.165, 1.54) is 29.5 Å². The van der Waals surface area contributed by atoms with Crippen LogP contribution < -0.4 is 10.3 Å². The first-order chi connectivity index (χ1) is 14.1. The number of ether oxygens (including phenoxy) is 1. The zero-order valence-corrected chi connectivity index (χ0v) is 17.0. The molecule has 3 aromatic rings. The lowest BCUT2D eigenvalue weighted by Gasteiger charge is -2.27. The lowest BCUT2D eigenvalue weighted by atomic mass is 10.1. The van der Waals surface area contributed by atoms with Gasteiger partial charge in [-0.15, -0.1) is 0 Å². The number of rotatable bonds is 6. The molecule has 5 nitrogen and oxygen atoms in total. The maximum absolute atomic E-state index is 13.0. The molecule has 0 unspecified atom stereocenters. The molecule has 1 aromatic heterocycles. The Bertz CT molecular complexity index is 1040. The molecular formula is C22H22FN3O2S. The Balaban J connectivity index is 1.42. The van der Waals surface area contributed by atoms with Crippen LogP contribution in [0.1, 0.15) is 22.4 Å². The summed E-state index contributed by atoms with van der Waals surface area (Å²) >= 11 is 1.46. The minimum absolute atomic E-state index is 0.0731. The van der Waals surface area contributed by atoms with Gasteiger partial charge in [-0.05, 0) is 35.4 Å². The molecule has 2 aromatic carbocycles. The van der Waals surface area contributed by atoms with Crippen LogP contribution in [0, 0.1) is 5.82 Å². The number of nitrogens with one attached hydrogen (secondary N) is 1. The van der Waals surface area contributed by atoms with E-state index in [9.17, 15) is 9.18 Å². The minimum Gasteiger partial charge on any atom is -0.497 e. The van der Waals surface area contributed by atoms with Gasteiger partial charge in [0.05, 0.1) is 18.4 Å². The second-order valence-electron chi connectivity index (χ2n) is 7.02. The molecule has 1 N–H and O–H groups in total. The highest BCUT2D eigenvalue weighted by atomic mass is 32.2.